The fourth-order valence-electron chi connectivity index (χ4n) is 1.01. The van der Waals surface area contributed by atoms with E-state index in [0.29, 0.717) is 6.10 Å². The van der Waals surface area contributed by atoms with Crippen molar-refractivity contribution in [3.63, 3.8) is 0 Å². The summed E-state index contributed by atoms with van der Waals surface area (Å²) in [5.41, 5.74) is 0. The van der Waals surface area contributed by atoms with Crippen LogP contribution in [0.1, 0.15) is 33.1 Å². The second kappa shape index (κ2) is 10.5. The molecule has 0 aliphatic heterocycles. The van der Waals surface area contributed by atoms with Crippen molar-refractivity contribution in [3.05, 3.63) is 0 Å². The molecule has 0 fully saturated rings. The van der Waals surface area contributed by atoms with Gasteiger partial charge in [-0.05, 0) is 33.2 Å². The Hall–Kier alpha value is 0.400. The maximum Gasteiger partial charge on any atom is 0.0594 e. The van der Waals surface area contributed by atoms with Crippen LogP contribution in [0.3, 0.4) is 0 Å². The van der Waals surface area contributed by atoms with E-state index in [0.717, 1.165) is 25.0 Å². The zero-order valence-electron chi connectivity index (χ0n) is 8.81. The summed E-state index contributed by atoms with van der Waals surface area (Å²) in [6, 6.07) is 0. The molecule has 3 heteroatoms. The number of alkyl halides is 1. The fraction of sp³-hybridized carbons (Fsp3) is 1.00. The van der Waals surface area contributed by atoms with Crippen LogP contribution in [0.2, 0.25) is 0 Å². The van der Waals surface area contributed by atoms with E-state index >= 15 is 0 Å². The molecule has 0 bridgehead atoms. The SMILES string of the molecule is CC(C)OCCNCCCCCBr. The Bertz CT molecular complexity index is 98.9. The van der Waals surface area contributed by atoms with Crippen LogP contribution in [-0.2, 0) is 4.74 Å². The van der Waals surface area contributed by atoms with Crippen LogP contribution in [0, 0.1) is 0 Å². The van der Waals surface area contributed by atoms with Crippen molar-refractivity contribution in [1.29, 1.82) is 0 Å². The van der Waals surface area contributed by atoms with Crippen molar-refractivity contribution >= 4 is 15.9 Å². The molecule has 0 aromatic heterocycles. The number of unbranched alkanes of at least 4 members (excludes halogenated alkanes) is 2. The maximum absolute atomic E-state index is 5.40. The molecule has 0 unspecified atom stereocenters. The smallest absolute Gasteiger partial charge is 0.0594 e. The largest absolute Gasteiger partial charge is 0.377 e. The van der Waals surface area contributed by atoms with Crippen LogP contribution in [-0.4, -0.2) is 31.1 Å². The van der Waals surface area contributed by atoms with Gasteiger partial charge in [-0.25, -0.2) is 0 Å². The monoisotopic (exact) mass is 251 g/mol. The van der Waals surface area contributed by atoms with Crippen molar-refractivity contribution in [2.45, 2.75) is 39.2 Å². The number of halogens is 1. The molecule has 0 atom stereocenters. The molecule has 0 aliphatic rings. The molecule has 13 heavy (non-hydrogen) atoms. The standard InChI is InChI=1S/C10H22BrNO/c1-10(2)13-9-8-12-7-5-3-4-6-11/h10,12H,3-9H2,1-2H3. The first-order valence-electron chi connectivity index (χ1n) is 5.15. The van der Waals surface area contributed by atoms with E-state index in [1.165, 1.54) is 19.3 Å². The molecule has 0 radical (unpaired) electrons. The first kappa shape index (κ1) is 13.4. The lowest BCUT2D eigenvalue weighted by molar-refractivity contribution is 0.0809. The van der Waals surface area contributed by atoms with Crippen molar-refractivity contribution < 1.29 is 4.74 Å². The van der Waals surface area contributed by atoms with E-state index < -0.39 is 0 Å². The molecule has 0 saturated heterocycles. The summed E-state index contributed by atoms with van der Waals surface area (Å²) in [5.74, 6) is 0. The molecule has 2 nitrogen and oxygen atoms in total. The summed E-state index contributed by atoms with van der Waals surface area (Å²) in [5, 5.41) is 4.49. The van der Waals surface area contributed by atoms with E-state index in [1.54, 1.807) is 0 Å². The van der Waals surface area contributed by atoms with E-state index in [2.05, 4.69) is 35.1 Å². The Morgan fingerprint density at radius 1 is 1.15 bits per heavy atom. The number of rotatable bonds is 9. The average Bonchev–Trinajstić information content (AvgIpc) is 2.09. The third-order valence-corrected chi connectivity index (χ3v) is 2.28. The third kappa shape index (κ3) is 12.4. The van der Waals surface area contributed by atoms with Gasteiger partial charge in [0.15, 0.2) is 0 Å². The second-order valence-corrected chi connectivity index (χ2v) is 4.21. The fourth-order valence-corrected chi connectivity index (χ4v) is 1.41. The van der Waals surface area contributed by atoms with Crippen molar-refractivity contribution in [3.8, 4) is 0 Å². The molecule has 0 aliphatic carbocycles. The lowest BCUT2D eigenvalue weighted by Crippen LogP contribution is -2.22. The zero-order valence-corrected chi connectivity index (χ0v) is 10.4. The summed E-state index contributed by atoms with van der Waals surface area (Å²) in [6.45, 7) is 7.06. The molecule has 0 amide bonds. The number of hydrogen-bond donors (Lipinski definition) is 1. The molecular weight excluding hydrogens is 230 g/mol. The minimum absolute atomic E-state index is 0.357. The highest BCUT2D eigenvalue weighted by Gasteiger charge is 1.92. The molecule has 0 heterocycles. The molecular formula is C10H22BrNO. The highest BCUT2D eigenvalue weighted by atomic mass is 79.9. The van der Waals surface area contributed by atoms with Gasteiger partial charge in [0.1, 0.15) is 0 Å². The third-order valence-electron chi connectivity index (χ3n) is 1.72. The minimum Gasteiger partial charge on any atom is -0.377 e. The number of nitrogens with one attached hydrogen (secondary N) is 1. The topological polar surface area (TPSA) is 21.3 Å². The summed E-state index contributed by atoms with van der Waals surface area (Å²) in [4.78, 5) is 0. The Kier molecular flexibility index (Phi) is 10.8. The lowest BCUT2D eigenvalue weighted by Gasteiger charge is -2.08. The van der Waals surface area contributed by atoms with E-state index in [-0.39, 0.29) is 0 Å². The van der Waals surface area contributed by atoms with Gasteiger partial charge < -0.3 is 10.1 Å². The Labute approximate surface area is 90.6 Å². The van der Waals surface area contributed by atoms with Crippen molar-refractivity contribution in [2.75, 3.05) is 25.0 Å². The van der Waals surface area contributed by atoms with Crippen molar-refractivity contribution in [2.24, 2.45) is 0 Å². The summed E-state index contributed by atoms with van der Waals surface area (Å²) in [7, 11) is 0. The van der Waals surface area contributed by atoms with Gasteiger partial charge in [-0.3, -0.25) is 0 Å². The van der Waals surface area contributed by atoms with Gasteiger partial charge in [-0.2, -0.15) is 0 Å². The first-order chi connectivity index (χ1) is 6.27. The average molecular weight is 252 g/mol. The Morgan fingerprint density at radius 2 is 1.92 bits per heavy atom. The Balaban J connectivity index is 2.84. The molecule has 0 aromatic carbocycles. The van der Waals surface area contributed by atoms with Gasteiger partial charge in [0, 0.05) is 11.9 Å². The summed E-state index contributed by atoms with van der Waals surface area (Å²) < 4.78 is 5.40. The summed E-state index contributed by atoms with van der Waals surface area (Å²) >= 11 is 3.42. The molecule has 0 aromatic rings. The van der Waals surface area contributed by atoms with Gasteiger partial charge in [0.25, 0.3) is 0 Å². The lowest BCUT2D eigenvalue weighted by atomic mass is 10.2. The van der Waals surface area contributed by atoms with Gasteiger partial charge >= 0.3 is 0 Å². The van der Waals surface area contributed by atoms with Crippen LogP contribution in [0.25, 0.3) is 0 Å². The second-order valence-electron chi connectivity index (χ2n) is 3.42. The molecule has 80 valence electrons. The van der Waals surface area contributed by atoms with Gasteiger partial charge in [0.2, 0.25) is 0 Å². The van der Waals surface area contributed by atoms with Crippen LogP contribution >= 0.6 is 15.9 Å². The van der Waals surface area contributed by atoms with Crippen LogP contribution in [0.4, 0.5) is 0 Å². The zero-order chi connectivity index (χ0) is 9.94. The summed E-state index contributed by atoms with van der Waals surface area (Å²) in [6.07, 6.45) is 4.22. The molecule has 1 N–H and O–H groups in total. The first-order valence-corrected chi connectivity index (χ1v) is 6.27. The quantitative estimate of drug-likeness (QED) is 0.503. The predicted octanol–water partition coefficient (Wildman–Crippen LogP) is 2.57. The van der Waals surface area contributed by atoms with Crippen LogP contribution < -0.4 is 5.32 Å². The van der Waals surface area contributed by atoms with Gasteiger partial charge in [-0.15, -0.1) is 0 Å². The van der Waals surface area contributed by atoms with E-state index in [1.807, 2.05) is 0 Å². The van der Waals surface area contributed by atoms with Crippen molar-refractivity contribution in [1.82, 2.24) is 5.32 Å². The van der Waals surface area contributed by atoms with Gasteiger partial charge in [-0.1, -0.05) is 22.4 Å². The highest BCUT2D eigenvalue weighted by Crippen LogP contribution is 1.96. The number of hydrogen-bond acceptors (Lipinski definition) is 2. The highest BCUT2D eigenvalue weighted by molar-refractivity contribution is 9.09. The maximum atomic E-state index is 5.40. The normalized spacial score (nSPS) is 11.1. The Morgan fingerprint density at radius 3 is 2.54 bits per heavy atom. The number of ether oxygens (including phenoxy) is 1. The van der Waals surface area contributed by atoms with E-state index in [9.17, 15) is 0 Å². The molecule has 0 rings (SSSR count). The predicted molar refractivity (Wildman–Crippen MR) is 61.6 cm³/mol. The molecule has 0 spiro atoms. The van der Waals surface area contributed by atoms with E-state index in [4.69, 9.17) is 4.74 Å². The van der Waals surface area contributed by atoms with Gasteiger partial charge in [0.05, 0.1) is 12.7 Å². The van der Waals surface area contributed by atoms with Crippen LogP contribution in [0.5, 0.6) is 0 Å². The minimum atomic E-state index is 0.357. The molecule has 0 saturated carbocycles. The van der Waals surface area contributed by atoms with Crippen LogP contribution in [0.15, 0.2) is 0 Å².